The highest BCUT2D eigenvalue weighted by molar-refractivity contribution is 6.22. The van der Waals surface area contributed by atoms with E-state index in [0.29, 0.717) is 0 Å². The monoisotopic (exact) mass is 739 g/mol. The predicted octanol–water partition coefficient (Wildman–Crippen LogP) is 14.5. The van der Waals surface area contributed by atoms with Gasteiger partial charge in [0.15, 0.2) is 5.58 Å². The van der Waals surface area contributed by atoms with E-state index in [1.165, 1.54) is 60.1 Å². The predicted molar refractivity (Wildman–Crippen MR) is 242 cm³/mol. The molecule has 0 radical (unpaired) electrons. The minimum absolute atomic E-state index is 0.868. The summed E-state index contributed by atoms with van der Waals surface area (Å²) in [5, 5.41) is 9.52. The van der Waals surface area contributed by atoms with Gasteiger partial charge in [0.25, 0.3) is 0 Å². The zero-order valence-corrected chi connectivity index (χ0v) is 31.3. The van der Waals surface area contributed by atoms with Crippen molar-refractivity contribution in [2.45, 2.75) is 0 Å². The minimum atomic E-state index is 0.868. The van der Waals surface area contributed by atoms with Gasteiger partial charge in [-0.25, -0.2) is 0 Å². The molecule has 0 saturated heterocycles. The summed E-state index contributed by atoms with van der Waals surface area (Å²) in [6, 6.07) is 72.4. The van der Waals surface area contributed by atoms with Gasteiger partial charge in [-0.05, 0) is 90.0 Å². The van der Waals surface area contributed by atoms with Crippen molar-refractivity contribution in [3.8, 4) is 28.2 Å². The summed E-state index contributed by atoms with van der Waals surface area (Å²) in [7, 11) is 0. The molecule has 0 atom stereocenters. The van der Waals surface area contributed by atoms with Crippen molar-refractivity contribution >= 4 is 87.4 Å². The van der Waals surface area contributed by atoms with Gasteiger partial charge >= 0.3 is 0 Å². The molecule has 0 aliphatic heterocycles. The second-order valence-corrected chi connectivity index (χ2v) is 15.3. The van der Waals surface area contributed by atoms with Crippen molar-refractivity contribution in [1.82, 2.24) is 13.7 Å². The lowest BCUT2D eigenvalue weighted by Crippen LogP contribution is -1.96. The van der Waals surface area contributed by atoms with Gasteiger partial charge in [0, 0.05) is 60.2 Å². The van der Waals surface area contributed by atoms with Gasteiger partial charge in [-0.3, -0.25) is 0 Å². The van der Waals surface area contributed by atoms with Crippen LogP contribution in [-0.2, 0) is 0 Å². The first-order valence-corrected chi connectivity index (χ1v) is 19.8. The molecule has 0 N–H and O–H groups in total. The number of furan rings is 1. The zero-order chi connectivity index (χ0) is 37.9. The average Bonchev–Trinajstić information content (AvgIpc) is 4.03. The first kappa shape index (κ1) is 31.4. The van der Waals surface area contributed by atoms with E-state index < -0.39 is 0 Å². The molecular weight excluding hydrogens is 707 g/mol. The first-order chi connectivity index (χ1) is 28.8. The van der Waals surface area contributed by atoms with Gasteiger partial charge in [0.1, 0.15) is 5.58 Å². The van der Waals surface area contributed by atoms with Crippen LogP contribution in [0.15, 0.2) is 205 Å². The Labute approximate surface area is 332 Å². The van der Waals surface area contributed by atoms with Crippen LogP contribution in [0.25, 0.3) is 116 Å². The van der Waals surface area contributed by atoms with E-state index in [0.717, 1.165) is 55.4 Å². The number of nitrogens with zero attached hydrogens (tertiary/aromatic N) is 3. The van der Waals surface area contributed by atoms with Gasteiger partial charge in [-0.1, -0.05) is 121 Å². The minimum Gasteiger partial charge on any atom is -0.454 e. The van der Waals surface area contributed by atoms with Crippen LogP contribution in [0, 0.1) is 0 Å². The summed E-state index contributed by atoms with van der Waals surface area (Å²) in [4.78, 5) is 0. The molecule has 4 aromatic heterocycles. The molecule has 0 amide bonds. The lowest BCUT2D eigenvalue weighted by molar-refractivity contribution is 0.671. The smallest absolute Gasteiger partial charge is 0.160 e. The Morgan fingerprint density at radius 2 is 0.759 bits per heavy atom. The quantitative estimate of drug-likeness (QED) is 0.177. The van der Waals surface area contributed by atoms with Crippen molar-refractivity contribution in [2.24, 2.45) is 0 Å². The van der Waals surface area contributed by atoms with Crippen LogP contribution < -0.4 is 0 Å². The molecule has 58 heavy (non-hydrogen) atoms. The van der Waals surface area contributed by atoms with E-state index in [2.05, 4.69) is 214 Å². The van der Waals surface area contributed by atoms with Gasteiger partial charge < -0.3 is 18.1 Å². The highest BCUT2D eigenvalue weighted by Crippen LogP contribution is 2.43. The fourth-order valence-electron chi connectivity index (χ4n) is 9.71. The number of para-hydroxylation sites is 4. The van der Waals surface area contributed by atoms with Crippen LogP contribution in [0.1, 0.15) is 0 Å². The van der Waals surface area contributed by atoms with Crippen LogP contribution >= 0.6 is 0 Å². The number of hydrogen-bond donors (Lipinski definition) is 0. The number of aromatic nitrogens is 3. The summed E-state index contributed by atoms with van der Waals surface area (Å²) in [6.45, 7) is 0. The third-order valence-electron chi connectivity index (χ3n) is 12.2. The van der Waals surface area contributed by atoms with E-state index in [9.17, 15) is 0 Å². The van der Waals surface area contributed by atoms with Crippen LogP contribution in [0.2, 0.25) is 0 Å². The molecule has 4 heterocycles. The van der Waals surface area contributed by atoms with E-state index in [-0.39, 0.29) is 0 Å². The summed E-state index contributed by atoms with van der Waals surface area (Å²) in [5.74, 6) is 0. The Morgan fingerprint density at radius 1 is 0.276 bits per heavy atom. The van der Waals surface area contributed by atoms with Gasteiger partial charge in [-0.15, -0.1) is 0 Å². The van der Waals surface area contributed by atoms with E-state index in [1.54, 1.807) is 0 Å². The molecule has 0 saturated carbocycles. The molecule has 9 aromatic carbocycles. The molecule has 4 nitrogen and oxygen atoms in total. The Bertz CT molecular complexity index is 3690. The average molecular weight is 740 g/mol. The molecule has 0 aliphatic carbocycles. The standard InChI is InChI=1S/C54H33N3O/c1-2-13-34(14-3-1)35-15-12-16-36(31-35)57-51-29-25-37(55-47-21-8-4-17-39(47)40-18-5-9-22-48(40)55)32-45(51)43-27-28-44-46-33-38(26-30-52(46)58-54(44)53(43)57)56-49-23-10-6-19-41(49)42-20-7-11-24-50(42)56/h1-33H. The molecule has 0 bridgehead atoms. The molecule has 0 unspecified atom stereocenters. The summed E-state index contributed by atoms with van der Waals surface area (Å²) in [6.07, 6.45) is 0. The topological polar surface area (TPSA) is 27.9 Å². The Kier molecular flexibility index (Phi) is 6.41. The molecule has 0 aliphatic rings. The summed E-state index contributed by atoms with van der Waals surface area (Å²) in [5.41, 5.74) is 14.4. The van der Waals surface area contributed by atoms with Crippen LogP contribution in [0.3, 0.4) is 0 Å². The lowest BCUT2D eigenvalue weighted by atomic mass is 10.1. The summed E-state index contributed by atoms with van der Waals surface area (Å²) < 4.78 is 14.2. The molecule has 0 spiro atoms. The Hall–Kier alpha value is -7.82. The fraction of sp³-hybridized carbons (Fsp3) is 0. The van der Waals surface area contributed by atoms with E-state index in [1.807, 2.05) is 0 Å². The second-order valence-electron chi connectivity index (χ2n) is 15.3. The third-order valence-corrected chi connectivity index (χ3v) is 12.2. The SMILES string of the molecule is c1ccc(-c2cccc(-n3c4ccc(-n5c6ccccc6c6ccccc65)cc4c4ccc5c6cc(-n7c8ccccc8c8ccccc87)ccc6oc5c43)c2)cc1. The van der Waals surface area contributed by atoms with E-state index >= 15 is 0 Å². The number of rotatable bonds is 4. The maximum Gasteiger partial charge on any atom is 0.160 e. The van der Waals surface area contributed by atoms with Gasteiger partial charge in [0.2, 0.25) is 0 Å². The van der Waals surface area contributed by atoms with Crippen molar-refractivity contribution < 1.29 is 4.42 Å². The third kappa shape index (κ3) is 4.34. The van der Waals surface area contributed by atoms with Crippen LogP contribution in [-0.4, -0.2) is 13.7 Å². The van der Waals surface area contributed by atoms with E-state index in [4.69, 9.17) is 4.42 Å². The van der Waals surface area contributed by atoms with Crippen molar-refractivity contribution in [1.29, 1.82) is 0 Å². The van der Waals surface area contributed by atoms with Crippen LogP contribution in [0.4, 0.5) is 0 Å². The normalized spacial score (nSPS) is 12.1. The molecule has 4 heteroatoms. The number of fused-ring (bicyclic) bond motifs is 13. The van der Waals surface area contributed by atoms with Gasteiger partial charge in [0.05, 0.1) is 33.1 Å². The van der Waals surface area contributed by atoms with Gasteiger partial charge in [-0.2, -0.15) is 0 Å². The van der Waals surface area contributed by atoms with Crippen molar-refractivity contribution in [3.63, 3.8) is 0 Å². The zero-order valence-electron chi connectivity index (χ0n) is 31.3. The van der Waals surface area contributed by atoms with Crippen LogP contribution in [0.5, 0.6) is 0 Å². The maximum absolute atomic E-state index is 7.00. The number of benzene rings is 9. The lowest BCUT2D eigenvalue weighted by Gasteiger charge is -2.12. The van der Waals surface area contributed by atoms with Crippen molar-refractivity contribution in [3.05, 3.63) is 200 Å². The molecule has 13 rings (SSSR count). The Morgan fingerprint density at radius 3 is 1.38 bits per heavy atom. The Balaban J connectivity index is 1.10. The summed E-state index contributed by atoms with van der Waals surface area (Å²) >= 11 is 0. The maximum atomic E-state index is 7.00. The highest BCUT2D eigenvalue weighted by Gasteiger charge is 2.22. The number of hydrogen-bond acceptors (Lipinski definition) is 1. The molecule has 13 aromatic rings. The molecule has 0 fully saturated rings. The second kappa shape index (κ2) is 11.8. The van der Waals surface area contributed by atoms with Crippen molar-refractivity contribution in [2.75, 3.05) is 0 Å². The first-order valence-electron chi connectivity index (χ1n) is 19.8. The largest absolute Gasteiger partial charge is 0.454 e. The molecular formula is C54H33N3O. The fourth-order valence-corrected chi connectivity index (χ4v) is 9.71. The molecule has 270 valence electrons. The highest BCUT2D eigenvalue weighted by atomic mass is 16.3.